The summed E-state index contributed by atoms with van der Waals surface area (Å²) in [5.74, 6) is -0.360. The first kappa shape index (κ1) is 8.41. The Balaban J connectivity index is 3.03. The van der Waals surface area contributed by atoms with E-state index in [0.717, 1.165) is 11.8 Å². The summed E-state index contributed by atoms with van der Waals surface area (Å²) in [5.41, 5.74) is 1.35. The fourth-order valence-electron chi connectivity index (χ4n) is 0.842. The van der Waals surface area contributed by atoms with Crippen LogP contribution in [0.5, 0.6) is 0 Å². The molecule has 0 aliphatic heterocycles. The Bertz CT molecular complexity index is 350. The van der Waals surface area contributed by atoms with Crippen molar-refractivity contribution >= 4 is 6.08 Å². The van der Waals surface area contributed by atoms with Crippen LogP contribution >= 0.6 is 0 Å². The van der Waals surface area contributed by atoms with E-state index in [0.29, 0.717) is 5.69 Å². The van der Waals surface area contributed by atoms with Gasteiger partial charge in [0.2, 0.25) is 0 Å². The standard InChI is InChI=1S/C9H7FN2/c1-7-5-8(10)6-12-9(7)3-2-4-11/h2-3,5-6H,1H3. The zero-order valence-electron chi connectivity index (χ0n) is 6.58. The molecule has 0 amide bonds. The van der Waals surface area contributed by atoms with Crippen LogP contribution < -0.4 is 0 Å². The number of nitrogens with zero attached hydrogens (tertiary/aromatic N) is 2. The van der Waals surface area contributed by atoms with E-state index in [-0.39, 0.29) is 5.82 Å². The lowest BCUT2D eigenvalue weighted by molar-refractivity contribution is 0.619. The van der Waals surface area contributed by atoms with Crippen LogP contribution in [0.2, 0.25) is 0 Å². The van der Waals surface area contributed by atoms with Gasteiger partial charge in [-0.15, -0.1) is 0 Å². The monoisotopic (exact) mass is 162 g/mol. The van der Waals surface area contributed by atoms with Crippen molar-refractivity contribution in [3.63, 3.8) is 0 Å². The van der Waals surface area contributed by atoms with E-state index in [9.17, 15) is 4.39 Å². The average molecular weight is 162 g/mol. The molecular formula is C9H7FN2. The van der Waals surface area contributed by atoms with Crippen molar-refractivity contribution in [2.75, 3.05) is 0 Å². The average Bonchev–Trinajstić information content (AvgIpc) is 2.03. The topological polar surface area (TPSA) is 36.7 Å². The summed E-state index contributed by atoms with van der Waals surface area (Å²) in [6.07, 6.45) is 3.99. The highest BCUT2D eigenvalue weighted by atomic mass is 19.1. The number of allylic oxidation sites excluding steroid dienone is 1. The van der Waals surface area contributed by atoms with Crippen molar-refractivity contribution in [3.05, 3.63) is 35.4 Å². The van der Waals surface area contributed by atoms with Gasteiger partial charge >= 0.3 is 0 Å². The van der Waals surface area contributed by atoms with Crippen molar-refractivity contribution < 1.29 is 4.39 Å². The van der Waals surface area contributed by atoms with Gasteiger partial charge in [0.15, 0.2) is 0 Å². The lowest BCUT2D eigenvalue weighted by Crippen LogP contribution is -1.87. The summed E-state index contributed by atoms with van der Waals surface area (Å²) in [7, 11) is 0. The van der Waals surface area contributed by atoms with Crippen LogP contribution in [0.4, 0.5) is 4.39 Å². The molecule has 0 aromatic carbocycles. The van der Waals surface area contributed by atoms with Gasteiger partial charge in [0.25, 0.3) is 0 Å². The third-order valence-electron chi connectivity index (χ3n) is 1.40. The molecule has 2 nitrogen and oxygen atoms in total. The molecule has 0 aliphatic rings. The first-order valence-electron chi connectivity index (χ1n) is 3.42. The third kappa shape index (κ3) is 1.89. The quantitative estimate of drug-likeness (QED) is 0.592. The molecule has 0 atom stereocenters. The van der Waals surface area contributed by atoms with Crippen LogP contribution in [-0.4, -0.2) is 4.98 Å². The van der Waals surface area contributed by atoms with E-state index in [1.54, 1.807) is 13.0 Å². The summed E-state index contributed by atoms with van der Waals surface area (Å²) in [4.78, 5) is 3.80. The minimum atomic E-state index is -0.360. The Morgan fingerprint density at radius 1 is 1.67 bits per heavy atom. The van der Waals surface area contributed by atoms with Gasteiger partial charge in [-0.1, -0.05) is 0 Å². The van der Waals surface area contributed by atoms with E-state index < -0.39 is 0 Å². The molecule has 0 fully saturated rings. The highest BCUT2D eigenvalue weighted by Crippen LogP contribution is 2.07. The van der Waals surface area contributed by atoms with E-state index in [2.05, 4.69) is 4.98 Å². The second kappa shape index (κ2) is 3.63. The second-order valence-electron chi connectivity index (χ2n) is 2.32. The molecule has 12 heavy (non-hydrogen) atoms. The molecule has 0 radical (unpaired) electrons. The highest BCUT2D eigenvalue weighted by molar-refractivity contribution is 5.51. The Morgan fingerprint density at radius 3 is 3.00 bits per heavy atom. The number of aromatic nitrogens is 1. The van der Waals surface area contributed by atoms with Crippen LogP contribution in [0.15, 0.2) is 18.3 Å². The SMILES string of the molecule is Cc1cc(F)cnc1C=CC#N. The van der Waals surface area contributed by atoms with Gasteiger partial charge in [-0.2, -0.15) is 5.26 Å². The Hall–Kier alpha value is -1.69. The second-order valence-corrected chi connectivity index (χ2v) is 2.32. The molecular weight excluding hydrogens is 155 g/mol. The molecule has 1 heterocycles. The summed E-state index contributed by atoms with van der Waals surface area (Å²) in [6.45, 7) is 1.74. The zero-order chi connectivity index (χ0) is 8.97. The fourth-order valence-corrected chi connectivity index (χ4v) is 0.842. The van der Waals surface area contributed by atoms with Crippen molar-refractivity contribution in [2.24, 2.45) is 0 Å². The number of nitriles is 1. The number of rotatable bonds is 1. The third-order valence-corrected chi connectivity index (χ3v) is 1.40. The molecule has 0 aliphatic carbocycles. The van der Waals surface area contributed by atoms with Crippen LogP contribution in [0, 0.1) is 24.1 Å². The Labute approximate surface area is 70.0 Å². The minimum Gasteiger partial charge on any atom is -0.254 e. The van der Waals surface area contributed by atoms with Gasteiger partial charge < -0.3 is 0 Å². The van der Waals surface area contributed by atoms with E-state index in [4.69, 9.17) is 5.26 Å². The molecule has 1 rings (SSSR count). The summed E-state index contributed by atoms with van der Waals surface area (Å²) in [5, 5.41) is 8.23. The lowest BCUT2D eigenvalue weighted by atomic mass is 10.2. The molecule has 3 heteroatoms. The minimum absolute atomic E-state index is 0.360. The van der Waals surface area contributed by atoms with Crippen molar-refractivity contribution in [1.82, 2.24) is 4.98 Å². The van der Waals surface area contributed by atoms with E-state index in [1.807, 2.05) is 6.07 Å². The van der Waals surface area contributed by atoms with Crippen LogP contribution in [0.1, 0.15) is 11.3 Å². The van der Waals surface area contributed by atoms with Crippen LogP contribution in [0.25, 0.3) is 6.08 Å². The Morgan fingerprint density at radius 2 is 2.42 bits per heavy atom. The smallest absolute Gasteiger partial charge is 0.141 e. The summed E-state index contributed by atoms with van der Waals surface area (Å²) < 4.78 is 12.5. The van der Waals surface area contributed by atoms with Gasteiger partial charge in [0.1, 0.15) is 5.82 Å². The molecule has 0 spiro atoms. The van der Waals surface area contributed by atoms with Crippen LogP contribution in [-0.2, 0) is 0 Å². The number of hydrogen-bond donors (Lipinski definition) is 0. The van der Waals surface area contributed by atoms with Crippen molar-refractivity contribution in [2.45, 2.75) is 6.92 Å². The van der Waals surface area contributed by atoms with E-state index in [1.165, 1.54) is 12.1 Å². The molecule has 60 valence electrons. The molecule has 0 saturated carbocycles. The predicted octanol–water partition coefficient (Wildman–Crippen LogP) is 2.07. The highest BCUT2D eigenvalue weighted by Gasteiger charge is 1.96. The molecule has 1 aromatic rings. The number of aryl methyl sites for hydroxylation is 1. The van der Waals surface area contributed by atoms with Gasteiger partial charge in [0, 0.05) is 6.08 Å². The normalized spacial score (nSPS) is 10.1. The molecule has 0 saturated heterocycles. The maximum atomic E-state index is 12.5. The van der Waals surface area contributed by atoms with Gasteiger partial charge in [0.05, 0.1) is 18.0 Å². The molecule has 1 aromatic heterocycles. The fraction of sp³-hybridized carbons (Fsp3) is 0.111. The van der Waals surface area contributed by atoms with Gasteiger partial charge in [-0.05, 0) is 24.6 Å². The van der Waals surface area contributed by atoms with Crippen LogP contribution in [0.3, 0.4) is 0 Å². The first-order chi connectivity index (χ1) is 5.74. The maximum Gasteiger partial charge on any atom is 0.141 e. The number of hydrogen-bond acceptors (Lipinski definition) is 2. The van der Waals surface area contributed by atoms with E-state index >= 15 is 0 Å². The lowest BCUT2D eigenvalue weighted by Gasteiger charge is -1.96. The van der Waals surface area contributed by atoms with Gasteiger partial charge in [-0.25, -0.2) is 4.39 Å². The first-order valence-corrected chi connectivity index (χ1v) is 3.42. The summed E-state index contributed by atoms with van der Waals surface area (Å²) in [6, 6.07) is 3.22. The Kier molecular flexibility index (Phi) is 2.54. The zero-order valence-corrected chi connectivity index (χ0v) is 6.58. The summed E-state index contributed by atoms with van der Waals surface area (Å²) >= 11 is 0. The molecule has 0 unspecified atom stereocenters. The molecule has 0 N–H and O–H groups in total. The largest absolute Gasteiger partial charge is 0.254 e. The van der Waals surface area contributed by atoms with Crippen molar-refractivity contribution in [1.29, 1.82) is 5.26 Å². The van der Waals surface area contributed by atoms with Gasteiger partial charge in [-0.3, -0.25) is 4.98 Å². The number of pyridine rings is 1. The maximum absolute atomic E-state index is 12.5. The number of halogens is 1. The van der Waals surface area contributed by atoms with Crippen molar-refractivity contribution in [3.8, 4) is 6.07 Å². The predicted molar refractivity (Wildman–Crippen MR) is 43.6 cm³/mol. The molecule has 0 bridgehead atoms.